The van der Waals surface area contributed by atoms with Crippen molar-refractivity contribution in [1.29, 1.82) is 0 Å². The summed E-state index contributed by atoms with van der Waals surface area (Å²) in [5, 5.41) is 0. The zero-order valence-electron chi connectivity index (χ0n) is 20.6. The minimum absolute atomic E-state index is 0.318. The molecule has 0 radical (unpaired) electrons. The fourth-order valence-corrected chi connectivity index (χ4v) is 4.36. The smallest absolute Gasteiger partial charge is 0.216 e. The molecule has 0 spiro atoms. The van der Waals surface area contributed by atoms with E-state index in [0.717, 1.165) is 30.4 Å². The second-order valence-electron chi connectivity index (χ2n) is 9.25. The van der Waals surface area contributed by atoms with E-state index in [9.17, 15) is 4.39 Å². The largest absolute Gasteiger partial charge is 0.219 e. The Morgan fingerprint density at radius 1 is 0.545 bits per heavy atom. The highest BCUT2D eigenvalue weighted by molar-refractivity contribution is 5.69. The SMILES string of the molecule is CCCCCCCCCc1ccc(-c2ccc(-c3ccc(CCCCC)cc3)cc2)nc1F. The third-order valence-electron chi connectivity index (χ3n) is 6.51. The Morgan fingerprint density at radius 3 is 1.70 bits per heavy atom. The average Bonchev–Trinajstić information content (AvgIpc) is 2.85. The summed E-state index contributed by atoms with van der Waals surface area (Å²) in [7, 11) is 0. The van der Waals surface area contributed by atoms with Crippen LogP contribution in [0.3, 0.4) is 0 Å². The molecule has 1 nitrogen and oxygen atoms in total. The lowest BCUT2D eigenvalue weighted by atomic mass is 9.99. The number of unbranched alkanes of at least 4 members (excludes halogenated alkanes) is 8. The van der Waals surface area contributed by atoms with E-state index in [1.807, 2.05) is 24.3 Å². The molecule has 3 rings (SSSR count). The summed E-state index contributed by atoms with van der Waals surface area (Å²) >= 11 is 0. The van der Waals surface area contributed by atoms with Gasteiger partial charge in [-0.25, -0.2) is 4.98 Å². The van der Waals surface area contributed by atoms with Crippen LogP contribution in [0.1, 0.15) is 89.2 Å². The molecular formula is C31H40FN. The molecule has 176 valence electrons. The maximum Gasteiger partial charge on any atom is 0.216 e. The Hall–Kier alpha value is -2.48. The van der Waals surface area contributed by atoms with E-state index in [1.54, 1.807) is 0 Å². The lowest BCUT2D eigenvalue weighted by Crippen LogP contribution is -1.96. The predicted octanol–water partition coefficient (Wildman–Crippen LogP) is 9.58. The molecular weight excluding hydrogens is 405 g/mol. The number of pyridine rings is 1. The summed E-state index contributed by atoms with van der Waals surface area (Å²) in [4.78, 5) is 4.27. The number of aryl methyl sites for hydroxylation is 2. The molecule has 0 N–H and O–H groups in total. The molecule has 0 saturated heterocycles. The molecule has 1 aromatic heterocycles. The zero-order chi connectivity index (χ0) is 23.3. The average molecular weight is 446 g/mol. The van der Waals surface area contributed by atoms with Crippen LogP contribution in [-0.2, 0) is 12.8 Å². The first-order valence-electron chi connectivity index (χ1n) is 13.1. The second-order valence-corrected chi connectivity index (χ2v) is 9.25. The number of hydrogen-bond acceptors (Lipinski definition) is 1. The van der Waals surface area contributed by atoms with Crippen molar-refractivity contribution in [2.24, 2.45) is 0 Å². The summed E-state index contributed by atoms with van der Waals surface area (Å²) in [6.45, 7) is 4.48. The second kappa shape index (κ2) is 13.9. The molecule has 2 aromatic carbocycles. The lowest BCUT2D eigenvalue weighted by Gasteiger charge is -2.08. The van der Waals surface area contributed by atoms with Crippen molar-refractivity contribution in [3.05, 3.63) is 77.7 Å². The van der Waals surface area contributed by atoms with E-state index in [-0.39, 0.29) is 5.95 Å². The molecule has 0 amide bonds. The third kappa shape index (κ3) is 8.11. The summed E-state index contributed by atoms with van der Waals surface area (Å²) in [6, 6.07) is 21.0. The van der Waals surface area contributed by atoms with E-state index < -0.39 is 0 Å². The van der Waals surface area contributed by atoms with Crippen molar-refractivity contribution < 1.29 is 4.39 Å². The van der Waals surface area contributed by atoms with Gasteiger partial charge in [0.15, 0.2) is 0 Å². The van der Waals surface area contributed by atoms with Gasteiger partial charge in [-0.15, -0.1) is 0 Å². The van der Waals surface area contributed by atoms with E-state index in [0.29, 0.717) is 5.69 Å². The van der Waals surface area contributed by atoms with Crippen LogP contribution in [0.2, 0.25) is 0 Å². The minimum atomic E-state index is -0.318. The van der Waals surface area contributed by atoms with Crippen molar-refractivity contribution in [3.63, 3.8) is 0 Å². The van der Waals surface area contributed by atoms with E-state index >= 15 is 0 Å². The molecule has 0 aliphatic heterocycles. The van der Waals surface area contributed by atoms with Crippen LogP contribution in [0.15, 0.2) is 60.7 Å². The van der Waals surface area contributed by atoms with E-state index in [2.05, 4.69) is 55.2 Å². The standard InChI is InChI=1S/C31H40FN/c1-3-5-7-8-9-10-12-14-29-23-24-30(33-31(29)32)28-21-19-27(20-22-28)26-17-15-25(16-18-26)13-11-6-4-2/h15-24H,3-14H2,1-2H3. The predicted molar refractivity (Wildman–Crippen MR) is 140 cm³/mol. The molecule has 2 heteroatoms. The molecule has 1 heterocycles. The maximum atomic E-state index is 14.6. The van der Waals surface area contributed by atoms with E-state index in [1.165, 1.54) is 74.5 Å². The highest BCUT2D eigenvalue weighted by Crippen LogP contribution is 2.25. The molecule has 0 bridgehead atoms. The summed E-state index contributed by atoms with van der Waals surface area (Å²) < 4.78 is 14.6. The molecule has 0 aliphatic rings. The van der Waals surface area contributed by atoms with Gasteiger partial charge < -0.3 is 0 Å². The van der Waals surface area contributed by atoms with Crippen molar-refractivity contribution in [2.45, 2.75) is 90.9 Å². The normalized spacial score (nSPS) is 11.1. The zero-order valence-corrected chi connectivity index (χ0v) is 20.6. The van der Waals surface area contributed by atoms with Gasteiger partial charge in [0.05, 0.1) is 5.69 Å². The first kappa shape index (κ1) is 25.1. The Kier molecular flexibility index (Phi) is 10.6. The fraction of sp³-hybridized carbons (Fsp3) is 0.452. The highest BCUT2D eigenvalue weighted by atomic mass is 19.1. The van der Waals surface area contributed by atoms with Gasteiger partial charge in [0, 0.05) is 11.1 Å². The highest BCUT2D eigenvalue weighted by Gasteiger charge is 2.08. The Balaban J connectivity index is 1.54. The van der Waals surface area contributed by atoms with Crippen LogP contribution in [0.25, 0.3) is 22.4 Å². The van der Waals surface area contributed by atoms with Gasteiger partial charge in [-0.05, 0) is 48.4 Å². The van der Waals surface area contributed by atoms with Crippen LogP contribution in [-0.4, -0.2) is 4.98 Å². The van der Waals surface area contributed by atoms with Crippen molar-refractivity contribution in [3.8, 4) is 22.4 Å². The third-order valence-corrected chi connectivity index (χ3v) is 6.51. The topological polar surface area (TPSA) is 12.9 Å². The number of hydrogen-bond donors (Lipinski definition) is 0. The number of benzene rings is 2. The van der Waals surface area contributed by atoms with Crippen LogP contribution in [0, 0.1) is 5.95 Å². The van der Waals surface area contributed by atoms with Crippen LogP contribution < -0.4 is 0 Å². The molecule has 0 unspecified atom stereocenters. The van der Waals surface area contributed by atoms with Gasteiger partial charge in [-0.1, -0.05) is 120 Å². The summed E-state index contributed by atoms with van der Waals surface area (Å²) in [5.74, 6) is -0.318. The summed E-state index contributed by atoms with van der Waals surface area (Å²) in [6.07, 6.45) is 14.4. The van der Waals surface area contributed by atoms with Crippen LogP contribution >= 0.6 is 0 Å². The quantitative estimate of drug-likeness (QED) is 0.178. The van der Waals surface area contributed by atoms with Gasteiger partial charge in [0.2, 0.25) is 5.95 Å². The molecule has 0 aliphatic carbocycles. The van der Waals surface area contributed by atoms with Crippen molar-refractivity contribution >= 4 is 0 Å². The van der Waals surface area contributed by atoms with Crippen molar-refractivity contribution in [1.82, 2.24) is 4.98 Å². The van der Waals surface area contributed by atoms with Gasteiger partial charge in [-0.3, -0.25) is 0 Å². The monoisotopic (exact) mass is 445 g/mol. The van der Waals surface area contributed by atoms with Crippen LogP contribution in [0.5, 0.6) is 0 Å². The first-order valence-corrected chi connectivity index (χ1v) is 13.1. The van der Waals surface area contributed by atoms with Crippen molar-refractivity contribution in [2.75, 3.05) is 0 Å². The molecule has 3 aromatic rings. The van der Waals surface area contributed by atoms with Gasteiger partial charge in [0.25, 0.3) is 0 Å². The minimum Gasteiger partial charge on any atom is -0.219 e. The van der Waals surface area contributed by atoms with Gasteiger partial charge in [0.1, 0.15) is 0 Å². The number of nitrogens with zero attached hydrogens (tertiary/aromatic N) is 1. The molecule has 0 saturated carbocycles. The molecule has 33 heavy (non-hydrogen) atoms. The maximum absolute atomic E-state index is 14.6. The Bertz CT molecular complexity index is 944. The number of aromatic nitrogens is 1. The lowest BCUT2D eigenvalue weighted by molar-refractivity contribution is 0.551. The molecule has 0 atom stereocenters. The number of halogens is 1. The van der Waals surface area contributed by atoms with Gasteiger partial charge in [-0.2, -0.15) is 4.39 Å². The number of rotatable bonds is 14. The Morgan fingerprint density at radius 2 is 1.06 bits per heavy atom. The van der Waals surface area contributed by atoms with Crippen LogP contribution in [0.4, 0.5) is 4.39 Å². The van der Waals surface area contributed by atoms with E-state index in [4.69, 9.17) is 0 Å². The fourth-order valence-electron chi connectivity index (χ4n) is 4.36. The summed E-state index contributed by atoms with van der Waals surface area (Å²) in [5.41, 5.74) is 6.19. The first-order chi connectivity index (χ1) is 16.2. The Labute approximate surface area is 200 Å². The van der Waals surface area contributed by atoms with Gasteiger partial charge >= 0.3 is 0 Å². The molecule has 0 fully saturated rings.